The Balaban J connectivity index is 1.73. The van der Waals surface area contributed by atoms with Gasteiger partial charge in [-0.1, -0.05) is 5.57 Å². The van der Waals surface area contributed by atoms with Crippen molar-refractivity contribution in [3.05, 3.63) is 12.2 Å². The minimum Gasteiger partial charge on any atom is -0.392 e. The maximum absolute atomic E-state index is 10.4. The van der Waals surface area contributed by atoms with Gasteiger partial charge in [0.05, 0.1) is 6.10 Å². The molecule has 4 fully saturated rings. The summed E-state index contributed by atoms with van der Waals surface area (Å²) in [7, 11) is 0. The summed E-state index contributed by atoms with van der Waals surface area (Å²) in [5.74, 6) is 4.30. The Morgan fingerprint density at radius 1 is 1.12 bits per heavy atom. The number of rotatable bonds is 3. The number of hydrogen-bond acceptors (Lipinski definition) is 1. The Bertz CT molecular complexity index is 266. The molecule has 0 aromatic carbocycles. The highest BCUT2D eigenvalue weighted by atomic mass is 16.3. The average Bonchev–Trinajstić information content (AvgIpc) is 2.13. The Labute approximate surface area is 98.9 Å². The topological polar surface area (TPSA) is 20.2 Å². The molecule has 0 saturated heterocycles. The molecule has 90 valence electrons. The maximum Gasteiger partial charge on any atom is 0.0610 e. The zero-order chi connectivity index (χ0) is 11.3. The van der Waals surface area contributed by atoms with Gasteiger partial charge in [0.25, 0.3) is 0 Å². The third kappa shape index (κ3) is 1.73. The lowest BCUT2D eigenvalue weighted by molar-refractivity contribution is -0.0886. The number of hydrogen-bond donors (Lipinski definition) is 1. The average molecular weight is 220 g/mol. The third-order valence-corrected chi connectivity index (χ3v) is 5.30. The van der Waals surface area contributed by atoms with Crippen molar-refractivity contribution < 1.29 is 5.11 Å². The van der Waals surface area contributed by atoms with Crippen molar-refractivity contribution in [1.29, 1.82) is 0 Å². The first-order valence-corrected chi connectivity index (χ1v) is 6.96. The first-order chi connectivity index (χ1) is 7.63. The minimum atomic E-state index is -0.104. The smallest absolute Gasteiger partial charge is 0.0610 e. The molecule has 0 amide bonds. The molecular formula is C15H24O. The maximum atomic E-state index is 10.4. The van der Waals surface area contributed by atoms with Crippen LogP contribution in [0.15, 0.2) is 12.2 Å². The highest BCUT2D eigenvalue weighted by Crippen LogP contribution is 2.57. The van der Waals surface area contributed by atoms with E-state index in [2.05, 4.69) is 6.58 Å². The first-order valence-electron chi connectivity index (χ1n) is 6.96. The van der Waals surface area contributed by atoms with Gasteiger partial charge in [-0.3, -0.25) is 0 Å². The van der Waals surface area contributed by atoms with Crippen LogP contribution in [0, 0.1) is 29.6 Å². The molecular weight excluding hydrogens is 196 g/mol. The van der Waals surface area contributed by atoms with E-state index in [1.54, 1.807) is 0 Å². The summed E-state index contributed by atoms with van der Waals surface area (Å²) in [5.41, 5.74) is 1.14. The van der Waals surface area contributed by atoms with Crippen LogP contribution in [0.2, 0.25) is 0 Å². The summed E-state index contributed by atoms with van der Waals surface area (Å²) >= 11 is 0. The zero-order valence-corrected chi connectivity index (χ0v) is 10.4. The van der Waals surface area contributed by atoms with Crippen LogP contribution in [0.1, 0.15) is 45.4 Å². The van der Waals surface area contributed by atoms with E-state index in [-0.39, 0.29) is 6.10 Å². The molecule has 0 aromatic rings. The second-order valence-electron chi connectivity index (χ2n) is 6.74. The van der Waals surface area contributed by atoms with Crippen molar-refractivity contribution in [3.63, 3.8) is 0 Å². The van der Waals surface area contributed by atoms with E-state index in [4.69, 9.17) is 0 Å². The van der Waals surface area contributed by atoms with Crippen LogP contribution in [0.4, 0.5) is 0 Å². The molecule has 4 aliphatic rings. The standard InChI is InChI=1S/C15H24O/c1-9(2)3-14(16)15-12-5-10-4-11(7-12)8-13(15)6-10/h10-16H,1,3-8H2,2H3. The Hall–Kier alpha value is -0.300. The molecule has 1 atom stereocenters. The predicted octanol–water partition coefficient (Wildman–Crippen LogP) is 3.39. The molecule has 4 aliphatic carbocycles. The van der Waals surface area contributed by atoms with Gasteiger partial charge in [0, 0.05) is 0 Å². The fourth-order valence-electron chi connectivity index (χ4n) is 5.09. The van der Waals surface area contributed by atoms with Crippen molar-refractivity contribution in [3.8, 4) is 0 Å². The molecule has 0 aliphatic heterocycles. The monoisotopic (exact) mass is 220 g/mol. The fourth-order valence-corrected chi connectivity index (χ4v) is 5.09. The van der Waals surface area contributed by atoms with Crippen molar-refractivity contribution in [2.75, 3.05) is 0 Å². The van der Waals surface area contributed by atoms with Crippen LogP contribution in [0.5, 0.6) is 0 Å². The summed E-state index contributed by atoms with van der Waals surface area (Å²) in [6.45, 7) is 5.99. The Morgan fingerprint density at radius 3 is 2.06 bits per heavy atom. The number of aliphatic hydroxyl groups is 1. The van der Waals surface area contributed by atoms with Crippen molar-refractivity contribution in [2.24, 2.45) is 29.6 Å². The molecule has 4 saturated carbocycles. The van der Waals surface area contributed by atoms with E-state index >= 15 is 0 Å². The molecule has 1 heteroatoms. The molecule has 0 heterocycles. The molecule has 0 spiro atoms. The van der Waals surface area contributed by atoms with Crippen LogP contribution >= 0.6 is 0 Å². The quantitative estimate of drug-likeness (QED) is 0.723. The van der Waals surface area contributed by atoms with E-state index in [9.17, 15) is 5.11 Å². The summed E-state index contributed by atoms with van der Waals surface area (Å²) in [6.07, 6.45) is 7.85. The lowest BCUT2D eigenvalue weighted by Gasteiger charge is -2.55. The van der Waals surface area contributed by atoms with Crippen molar-refractivity contribution in [1.82, 2.24) is 0 Å². The van der Waals surface area contributed by atoms with Gasteiger partial charge >= 0.3 is 0 Å². The highest BCUT2D eigenvalue weighted by molar-refractivity contribution is 5.02. The number of aliphatic hydroxyl groups excluding tert-OH is 1. The summed E-state index contributed by atoms with van der Waals surface area (Å²) in [5, 5.41) is 10.4. The predicted molar refractivity (Wildman–Crippen MR) is 66.0 cm³/mol. The first kappa shape index (κ1) is 10.8. The molecule has 4 bridgehead atoms. The lowest BCUT2D eigenvalue weighted by atomic mass is 9.50. The van der Waals surface area contributed by atoms with Crippen LogP contribution in [0.3, 0.4) is 0 Å². The van der Waals surface area contributed by atoms with Crippen LogP contribution < -0.4 is 0 Å². The van der Waals surface area contributed by atoms with Gasteiger partial charge in [0.15, 0.2) is 0 Å². The zero-order valence-electron chi connectivity index (χ0n) is 10.4. The molecule has 0 aromatic heterocycles. The van der Waals surface area contributed by atoms with Gasteiger partial charge in [0.2, 0.25) is 0 Å². The summed E-state index contributed by atoms with van der Waals surface area (Å²) in [4.78, 5) is 0. The molecule has 1 unspecified atom stereocenters. The van der Waals surface area contributed by atoms with Gasteiger partial charge in [0.1, 0.15) is 0 Å². The lowest BCUT2D eigenvalue weighted by Crippen LogP contribution is -2.49. The normalized spacial score (nSPS) is 47.0. The Morgan fingerprint density at radius 2 is 1.62 bits per heavy atom. The fraction of sp³-hybridized carbons (Fsp3) is 0.867. The van der Waals surface area contributed by atoms with Crippen LogP contribution in [-0.2, 0) is 0 Å². The van der Waals surface area contributed by atoms with Crippen LogP contribution in [0.25, 0.3) is 0 Å². The largest absolute Gasteiger partial charge is 0.392 e. The summed E-state index contributed by atoms with van der Waals surface area (Å²) in [6, 6.07) is 0. The highest BCUT2D eigenvalue weighted by Gasteiger charge is 2.50. The van der Waals surface area contributed by atoms with E-state index < -0.39 is 0 Å². The van der Waals surface area contributed by atoms with E-state index in [1.807, 2.05) is 6.92 Å². The SMILES string of the molecule is C=C(C)CC(O)C1C2CC3CC(C2)CC1C3. The summed E-state index contributed by atoms with van der Waals surface area (Å²) < 4.78 is 0. The second-order valence-corrected chi connectivity index (χ2v) is 6.74. The second kappa shape index (κ2) is 3.87. The van der Waals surface area contributed by atoms with E-state index in [1.165, 1.54) is 32.1 Å². The Kier molecular flexibility index (Phi) is 2.62. The van der Waals surface area contributed by atoms with Gasteiger partial charge in [-0.05, 0) is 75.0 Å². The van der Waals surface area contributed by atoms with Gasteiger partial charge in [-0.25, -0.2) is 0 Å². The molecule has 4 rings (SSSR count). The van der Waals surface area contributed by atoms with E-state index in [0.717, 1.165) is 35.7 Å². The van der Waals surface area contributed by atoms with Gasteiger partial charge in [-0.15, -0.1) is 6.58 Å². The third-order valence-electron chi connectivity index (χ3n) is 5.30. The van der Waals surface area contributed by atoms with Crippen molar-refractivity contribution >= 4 is 0 Å². The van der Waals surface area contributed by atoms with E-state index in [0.29, 0.717) is 5.92 Å². The van der Waals surface area contributed by atoms with Crippen molar-refractivity contribution in [2.45, 2.75) is 51.6 Å². The van der Waals surface area contributed by atoms with Gasteiger partial charge in [-0.2, -0.15) is 0 Å². The molecule has 16 heavy (non-hydrogen) atoms. The minimum absolute atomic E-state index is 0.104. The molecule has 1 nitrogen and oxygen atoms in total. The molecule has 0 radical (unpaired) electrons. The van der Waals surface area contributed by atoms with Crippen LogP contribution in [-0.4, -0.2) is 11.2 Å². The molecule has 1 N–H and O–H groups in total. The van der Waals surface area contributed by atoms with Gasteiger partial charge < -0.3 is 5.11 Å².